The Morgan fingerprint density at radius 3 is 2.57 bits per heavy atom. The van der Waals surface area contributed by atoms with Crippen molar-refractivity contribution in [3.63, 3.8) is 0 Å². The van der Waals surface area contributed by atoms with Gasteiger partial charge in [0.1, 0.15) is 6.61 Å². The second-order valence-corrected chi connectivity index (χ2v) is 5.56. The quantitative estimate of drug-likeness (QED) is 0.662. The number of likely N-dealkylation sites (tertiary alicyclic amines) is 1. The molecule has 0 aromatic heterocycles. The Labute approximate surface area is 133 Å². The van der Waals surface area contributed by atoms with Crippen molar-refractivity contribution in [1.82, 2.24) is 4.90 Å². The number of nitrogens with zero attached hydrogens (tertiary/aromatic N) is 1. The highest BCUT2D eigenvalue weighted by atomic mass is 16.6. The van der Waals surface area contributed by atoms with Gasteiger partial charge in [-0.25, -0.2) is 14.5 Å². The van der Waals surface area contributed by atoms with E-state index in [-0.39, 0.29) is 19.6 Å². The van der Waals surface area contributed by atoms with E-state index in [2.05, 4.69) is 0 Å². The Balaban J connectivity index is 1.98. The van der Waals surface area contributed by atoms with E-state index < -0.39 is 29.7 Å². The highest BCUT2D eigenvalue weighted by Crippen LogP contribution is 2.26. The third-order valence-electron chi connectivity index (χ3n) is 3.40. The number of amides is 2. The maximum Gasteiger partial charge on any atom is 0.416 e. The van der Waals surface area contributed by atoms with E-state index in [0.29, 0.717) is 0 Å². The minimum Gasteiger partial charge on any atom is -0.460 e. The van der Waals surface area contributed by atoms with Crippen LogP contribution in [0.1, 0.15) is 25.8 Å². The van der Waals surface area contributed by atoms with E-state index in [9.17, 15) is 19.5 Å². The summed E-state index contributed by atoms with van der Waals surface area (Å²) in [5.74, 6) is -2.06. The van der Waals surface area contributed by atoms with Gasteiger partial charge in [0.05, 0.1) is 6.10 Å². The van der Waals surface area contributed by atoms with Crippen LogP contribution in [-0.2, 0) is 25.7 Å². The molecule has 124 valence electrons. The number of carbonyl (C=O) groups is 3. The van der Waals surface area contributed by atoms with Gasteiger partial charge in [0.2, 0.25) is 5.60 Å². The Kier molecular flexibility index (Phi) is 5.00. The van der Waals surface area contributed by atoms with Gasteiger partial charge in [-0.15, -0.1) is 0 Å². The van der Waals surface area contributed by atoms with Crippen LogP contribution in [0.5, 0.6) is 0 Å². The smallest absolute Gasteiger partial charge is 0.416 e. The predicted octanol–water partition coefficient (Wildman–Crippen LogP) is 1.24. The summed E-state index contributed by atoms with van der Waals surface area (Å²) in [7, 11) is 0. The summed E-state index contributed by atoms with van der Waals surface area (Å²) in [6.07, 6.45) is -1.58. The summed E-state index contributed by atoms with van der Waals surface area (Å²) in [4.78, 5) is 36.7. The first kappa shape index (κ1) is 17.0. The monoisotopic (exact) mass is 321 g/mol. The number of ether oxygens (including phenoxy) is 2. The standard InChI is InChI=1S/C16H19NO6/c1-11(2)23-14(19)16(21)8-9-17(13(16)18)15(20)22-10-12-6-4-3-5-7-12/h3-7,11,21H,8-10H2,1-2H3. The van der Waals surface area contributed by atoms with Crippen molar-refractivity contribution in [3.8, 4) is 0 Å². The van der Waals surface area contributed by atoms with Gasteiger partial charge in [0.25, 0.3) is 5.91 Å². The minimum atomic E-state index is -2.32. The molecule has 1 aromatic rings. The average molecular weight is 321 g/mol. The van der Waals surface area contributed by atoms with Crippen LogP contribution in [0.25, 0.3) is 0 Å². The van der Waals surface area contributed by atoms with E-state index in [1.165, 1.54) is 0 Å². The SMILES string of the molecule is CC(C)OC(=O)C1(O)CCN(C(=O)OCc2ccccc2)C1=O. The van der Waals surface area contributed by atoms with Crippen LogP contribution in [0.15, 0.2) is 30.3 Å². The first-order valence-electron chi connectivity index (χ1n) is 7.30. The lowest BCUT2D eigenvalue weighted by Gasteiger charge is -2.21. The lowest BCUT2D eigenvalue weighted by molar-refractivity contribution is -0.173. The molecule has 1 aliphatic rings. The van der Waals surface area contributed by atoms with Gasteiger partial charge in [-0.2, -0.15) is 0 Å². The van der Waals surface area contributed by atoms with Crippen LogP contribution >= 0.6 is 0 Å². The number of imide groups is 1. The predicted molar refractivity (Wildman–Crippen MR) is 79.1 cm³/mol. The lowest BCUT2D eigenvalue weighted by atomic mass is 10.0. The molecule has 1 aromatic carbocycles. The minimum absolute atomic E-state index is 0.00166. The molecule has 1 aliphatic heterocycles. The van der Waals surface area contributed by atoms with Gasteiger partial charge >= 0.3 is 12.1 Å². The average Bonchev–Trinajstić information content (AvgIpc) is 2.82. The fourth-order valence-electron chi connectivity index (χ4n) is 2.18. The molecule has 0 radical (unpaired) electrons. The van der Waals surface area contributed by atoms with Crippen molar-refractivity contribution in [2.75, 3.05) is 6.54 Å². The fourth-order valence-corrected chi connectivity index (χ4v) is 2.18. The zero-order valence-corrected chi connectivity index (χ0v) is 13.0. The summed E-state index contributed by atoms with van der Waals surface area (Å²) < 4.78 is 9.92. The van der Waals surface area contributed by atoms with E-state index in [1.807, 2.05) is 6.07 Å². The number of esters is 1. The number of hydrogen-bond donors (Lipinski definition) is 1. The molecular formula is C16H19NO6. The van der Waals surface area contributed by atoms with Crippen LogP contribution in [0.2, 0.25) is 0 Å². The number of carbonyl (C=O) groups excluding carboxylic acids is 3. The van der Waals surface area contributed by atoms with E-state index in [4.69, 9.17) is 9.47 Å². The van der Waals surface area contributed by atoms with Gasteiger partial charge in [-0.3, -0.25) is 4.79 Å². The zero-order chi connectivity index (χ0) is 17.0. The number of aliphatic hydroxyl groups is 1. The molecule has 1 unspecified atom stereocenters. The Morgan fingerprint density at radius 2 is 1.96 bits per heavy atom. The summed E-state index contributed by atoms with van der Waals surface area (Å²) in [6.45, 7) is 3.10. The number of benzene rings is 1. The molecule has 0 spiro atoms. The first-order chi connectivity index (χ1) is 10.8. The molecule has 2 rings (SSSR count). The second-order valence-electron chi connectivity index (χ2n) is 5.56. The van der Waals surface area contributed by atoms with E-state index in [0.717, 1.165) is 10.5 Å². The summed E-state index contributed by atoms with van der Waals surface area (Å²) in [5, 5.41) is 10.2. The molecule has 1 atom stereocenters. The molecule has 0 bridgehead atoms. The molecule has 0 saturated carbocycles. The molecule has 1 fully saturated rings. The summed E-state index contributed by atoms with van der Waals surface area (Å²) in [6, 6.07) is 8.97. The maximum absolute atomic E-state index is 12.2. The molecule has 0 aliphatic carbocycles. The maximum atomic E-state index is 12.2. The molecule has 1 saturated heterocycles. The molecule has 1 N–H and O–H groups in total. The van der Waals surface area contributed by atoms with Crippen LogP contribution < -0.4 is 0 Å². The van der Waals surface area contributed by atoms with Gasteiger partial charge in [0.15, 0.2) is 0 Å². The van der Waals surface area contributed by atoms with Crippen LogP contribution in [0.3, 0.4) is 0 Å². The van der Waals surface area contributed by atoms with Crippen LogP contribution in [0, 0.1) is 0 Å². The third kappa shape index (κ3) is 3.68. The van der Waals surface area contributed by atoms with Crippen molar-refractivity contribution < 1.29 is 29.0 Å². The number of rotatable bonds is 4. The van der Waals surface area contributed by atoms with Crippen molar-refractivity contribution >= 4 is 18.0 Å². The van der Waals surface area contributed by atoms with Crippen molar-refractivity contribution in [1.29, 1.82) is 0 Å². The highest BCUT2D eigenvalue weighted by molar-refractivity contribution is 6.11. The normalized spacial score (nSPS) is 20.7. The molecule has 7 nitrogen and oxygen atoms in total. The van der Waals surface area contributed by atoms with Gasteiger partial charge in [-0.05, 0) is 19.4 Å². The van der Waals surface area contributed by atoms with Crippen LogP contribution in [-0.4, -0.2) is 46.2 Å². The van der Waals surface area contributed by atoms with E-state index in [1.54, 1.807) is 38.1 Å². The van der Waals surface area contributed by atoms with Crippen molar-refractivity contribution in [2.24, 2.45) is 0 Å². The van der Waals surface area contributed by atoms with Gasteiger partial charge in [-0.1, -0.05) is 30.3 Å². The van der Waals surface area contributed by atoms with Crippen molar-refractivity contribution in [3.05, 3.63) is 35.9 Å². The first-order valence-corrected chi connectivity index (χ1v) is 7.30. The molecule has 2 amide bonds. The summed E-state index contributed by atoms with van der Waals surface area (Å²) >= 11 is 0. The van der Waals surface area contributed by atoms with Gasteiger partial charge < -0.3 is 14.6 Å². The number of hydrogen-bond acceptors (Lipinski definition) is 6. The van der Waals surface area contributed by atoms with Crippen molar-refractivity contribution in [2.45, 2.75) is 38.6 Å². The molecule has 1 heterocycles. The highest BCUT2D eigenvalue weighted by Gasteiger charge is 2.55. The Hall–Kier alpha value is -2.41. The van der Waals surface area contributed by atoms with Gasteiger partial charge in [0, 0.05) is 13.0 Å². The zero-order valence-electron chi connectivity index (χ0n) is 13.0. The lowest BCUT2D eigenvalue weighted by Crippen LogP contribution is -2.49. The topological polar surface area (TPSA) is 93.1 Å². The molecular weight excluding hydrogens is 302 g/mol. The van der Waals surface area contributed by atoms with Crippen LogP contribution in [0.4, 0.5) is 4.79 Å². The fraction of sp³-hybridized carbons (Fsp3) is 0.438. The molecule has 7 heteroatoms. The third-order valence-corrected chi connectivity index (χ3v) is 3.40. The summed E-state index contributed by atoms with van der Waals surface area (Å²) in [5.41, 5.74) is -1.56. The second kappa shape index (κ2) is 6.78. The van der Waals surface area contributed by atoms with E-state index >= 15 is 0 Å². The Bertz CT molecular complexity index is 600. The largest absolute Gasteiger partial charge is 0.460 e. The molecule has 23 heavy (non-hydrogen) atoms. The Morgan fingerprint density at radius 1 is 1.30 bits per heavy atom.